The summed E-state index contributed by atoms with van der Waals surface area (Å²) in [5.74, 6) is -1.52. The summed E-state index contributed by atoms with van der Waals surface area (Å²) < 4.78 is 33.8. The molecule has 8 heteroatoms. The topological polar surface area (TPSA) is 42.4 Å². The third-order valence-corrected chi connectivity index (χ3v) is 6.63. The molecule has 2 heterocycles. The number of fused-ring (bicyclic) bond motifs is 1. The number of carbonyl (C=O) groups excluding carboxylic acids is 1. The highest BCUT2D eigenvalue weighted by molar-refractivity contribution is 7.98. The third-order valence-electron chi connectivity index (χ3n) is 4.86. The van der Waals surface area contributed by atoms with Gasteiger partial charge in [-0.3, -0.25) is 9.69 Å². The van der Waals surface area contributed by atoms with Crippen molar-refractivity contribution in [3.8, 4) is 0 Å². The molecule has 1 aromatic heterocycles. The van der Waals surface area contributed by atoms with Crippen LogP contribution in [0.15, 0.2) is 41.3 Å². The van der Waals surface area contributed by atoms with E-state index in [-0.39, 0.29) is 23.9 Å². The van der Waals surface area contributed by atoms with Crippen LogP contribution in [0.5, 0.6) is 0 Å². The Labute approximate surface area is 175 Å². The Kier molecular flexibility index (Phi) is 6.12. The molecular formula is C21H20F2N2O2S2. The molecule has 1 aliphatic rings. The molecule has 1 amide bonds. The number of aromatic nitrogens is 1. The van der Waals surface area contributed by atoms with Crippen LogP contribution in [0.2, 0.25) is 0 Å². The first kappa shape index (κ1) is 20.3. The number of nitrogens with zero attached hydrogens (tertiary/aromatic N) is 2. The molecule has 1 saturated heterocycles. The maximum absolute atomic E-state index is 14.1. The minimum atomic E-state index is -0.723. The predicted octanol–water partition coefficient (Wildman–Crippen LogP) is 5.05. The van der Waals surface area contributed by atoms with Gasteiger partial charge in [0.1, 0.15) is 11.3 Å². The molecule has 0 saturated carbocycles. The van der Waals surface area contributed by atoms with Crippen molar-refractivity contribution in [3.05, 3.63) is 53.6 Å². The second-order valence-electron chi connectivity index (χ2n) is 6.90. The lowest BCUT2D eigenvalue weighted by atomic mass is 10.1. The lowest BCUT2D eigenvalue weighted by molar-refractivity contribution is -0.118. The molecule has 0 bridgehead atoms. The van der Waals surface area contributed by atoms with Crippen LogP contribution in [0.4, 0.5) is 13.9 Å². The standard InChI is InChI=1S/C21H20F2N2O2S2/c1-28-16-6-4-13(5-7-16)9-19(26)25(12-15-3-2-8-27-15)21-24-20-17(23)10-14(22)11-18(20)29-21/h4-7,10-11,15H,2-3,8-9,12H2,1H3/t15-/m1/s1. The minimum absolute atomic E-state index is 0.0774. The lowest BCUT2D eigenvalue weighted by Crippen LogP contribution is -2.38. The summed E-state index contributed by atoms with van der Waals surface area (Å²) in [5.41, 5.74) is 0.976. The Morgan fingerprint density at radius 3 is 2.79 bits per heavy atom. The average Bonchev–Trinajstić information content (AvgIpc) is 3.36. The molecule has 0 aliphatic carbocycles. The monoisotopic (exact) mass is 434 g/mol. The summed E-state index contributed by atoms with van der Waals surface area (Å²) in [7, 11) is 0. The van der Waals surface area contributed by atoms with E-state index >= 15 is 0 Å². The van der Waals surface area contributed by atoms with Gasteiger partial charge in [-0.15, -0.1) is 11.8 Å². The van der Waals surface area contributed by atoms with Crippen molar-refractivity contribution >= 4 is 44.4 Å². The van der Waals surface area contributed by atoms with Crippen molar-refractivity contribution in [1.82, 2.24) is 4.98 Å². The van der Waals surface area contributed by atoms with Crippen LogP contribution in [0.3, 0.4) is 0 Å². The number of amides is 1. The van der Waals surface area contributed by atoms with Crippen LogP contribution < -0.4 is 4.90 Å². The zero-order valence-electron chi connectivity index (χ0n) is 15.9. The van der Waals surface area contributed by atoms with Gasteiger partial charge in [0.25, 0.3) is 0 Å². The van der Waals surface area contributed by atoms with E-state index in [1.54, 1.807) is 16.7 Å². The second kappa shape index (κ2) is 8.77. The Hall–Kier alpha value is -2.03. The van der Waals surface area contributed by atoms with Crippen LogP contribution in [0.1, 0.15) is 18.4 Å². The zero-order valence-corrected chi connectivity index (χ0v) is 17.5. The number of benzene rings is 2. The van der Waals surface area contributed by atoms with Crippen LogP contribution in [-0.2, 0) is 16.0 Å². The van der Waals surface area contributed by atoms with Gasteiger partial charge in [0.2, 0.25) is 5.91 Å². The first-order valence-corrected chi connectivity index (χ1v) is 11.4. The SMILES string of the molecule is CSc1ccc(CC(=O)N(C[C@H]2CCCO2)c2nc3c(F)cc(F)cc3s2)cc1. The fourth-order valence-corrected chi connectivity index (χ4v) is 4.79. The summed E-state index contributed by atoms with van der Waals surface area (Å²) in [4.78, 5) is 20.1. The molecule has 0 spiro atoms. The van der Waals surface area contributed by atoms with Gasteiger partial charge in [-0.25, -0.2) is 13.8 Å². The van der Waals surface area contributed by atoms with Crippen LogP contribution in [0.25, 0.3) is 10.2 Å². The Balaban J connectivity index is 1.63. The van der Waals surface area contributed by atoms with E-state index in [1.807, 2.05) is 30.5 Å². The molecule has 0 N–H and O–H groups in total. The Morgan fingerprint density at radius 2 is 2.10 bits per heavy atom. The Morgan fingerprint density at radius 1 is 1.31 bits per heavy atom. The molecule has 1 aliphatic heterocycles. The van der Waals surface area contributed by atoms with E-state index in [0.29, 0.717) is 23.0 Å². The van der Waals surface area contributed by atoms with Crippen LogP contribution >= 0.6 is 23.1 Å². The molecule has 0 unspecified atom stereocenters. The largest absolute Gasteiger partial charge is 0.376 e. The molecule has 1 atom stereocenters. The van der Waals surface area contributed by atoms with Gasteiger partial charge < -0.3 is 4.74 Å². The zero-order chi connectivity index (χ0) is 20.4. The average molecular weight is 435 g/mol. The van der Waals surface area contributed by atoms with Gasteiger partial charge in [0.15, 0.2) is 10.9 Å². The Bertz CT molecular complexity index is 1020. The maximum Gasteiger partial charge on any atom is 0.233 e. The van der Waals surface area contributed by atoms with E-state index in [0.717, 1.165) is 40.7 Å². The van der Waals surface area contributed by atoms with E-state index in [4.69, 9.17) is 4.74 Å². The first-order chi connectivity index (χ1) is 14.0. The molecule has 3 aromatic rings. The highest BCUT2D eigenvalue weighted by Gasteiger charge is 2.27. The van der Waals surface area contributed by atoms with Gasteiger partial charge >= 0.3 is 0 Å². The lowest BCUT2D eigenvalue weighted by Gasteiger charge is -2.23. The molecule has 4 rings (SSSR count). The van der Waals surface area contributed by atoms with E-state index in [1.165, 1.54) is 6.07 Å². The summed E-state index contributed by atoms with van der Waals surface area (Å²) >= 11 is 2.76. The number of ether oxygens (including phenoxy) is 1. The van der Waals surface area contributed by atoms with Gasteiger partial charge in [-0.2, -0.15) is 0 Å². The quantitative estimate of drug-likeness (QED) is 0.509. The van der Waals surface area contributed by atoms with E-state index in [9.17, 15) is 13.6 Å². The second-order valence-corrected chi connectivity index (χ2v) is 8.78. The number of thiazole rings is 1. The van der Waals surface area contributed by atoms with Crippen molar-refractivity contribution in [2.75, 3.05) is 24.3 Å². The minimum Gasteiger partial charge on any atom is -0.376 e. The summed E-state index contributed by atoms with van der Waals surface area (Å²) in [6.07, 6.45) is 3.93. The summed E-state index contributed by atoms with van der Waals surface area (Å²) in [6.45, 7) is 1.02. The van der Waals surface area contributed by atoms with Crippen molar-refractivity contribution in [1.29, 1.82) is 0 Å². The number of rotatable bonds is 6. The molecule has 1 fully saturated rings. The number of hydrogen-bond acceptors (Lipinski definition) is 5. The number of thioether (sulfide) groups is 1. The molecule has 152 valence electrons. The highest BCUT2D eigenvalue weighted by Crippen LogP contribution is 2.32. The summed E-state index contributed by atoms with van der Waals surface area (Å²) in [6, 6.07) is 9.88. The van der Waals surface area contributed by atoms with Crippen LogP contribution in [0, 0.1) is 11.6 Å². The first-order valence-electron chi connectivity index (χ1n) is 9.34. The number of anilines is 1. The van der Waals surface area contributed by atoms with Gasteiger partial charge in [0.05, 0.1) is 23.8 Å². The fourth-order valence-electron chi connectivity index (χ4n) is 3.35. The van der Waals surface area contributed by atoms with E-state index in [2.05, 4.69) is 4.98 Å². The third kappa shape index (κ3) is 4.60. The maximum atomic E-state index is 14.1. The fraction of sp³-hybridized carbons (Fsp3) is 0.333. The number of hydrogen-bond donors (Lipinski definition) is 0. The molecular weight excluding hydrogens is 414 g/mol. The van der Waals surface area contributed by atoms with E-state index < -0.39 is 11.6 Å². The van der Waals surface area contributed by atoms with Crippen molar-refractivity contribution in [2.24, 2.45) is 0 Å². The van der Waals surface area contributed by atoms with Crippen molar-refractivity contribution in [3.63, 3.8) is 0 Å². The smallest absolute Gasteiger partial charge is 0.233 e. The molecule has 29 heavy (non-hydrogen) atoms. The van der Waals surface area contributed by atoms with Gasteiger partial charge in [-0.1, -0.05) is 23.5 Å². The number of halogens is 2. The molecule has 4 nitrogen and oxygen atoms in total. The summed E-state index contributed by atoms with van der Waals surface area (Å²) in [5, 5.41) is 0.366. The van der Waals surface area contributed by atoms with Crippen LogP contribution in [-0.4, -0.2) is 36.4 Å². The van der Waals surface area contributed by atoms with Gasteiger partial charge in [0, 0.05) is 17.6 Å². The number of carbonyl (C=O) groups is 1. The highest BCUT2D eigenvalue weighted by atomic mass is 32.2. The normalized spacial score (nSPS) is 16.4. The van der Waals surface area contributed by atoms with Crippen molar-refractivity contribution in [2.45, 2.75) is 30.3 Å². The predicted molar refractivity (Wildman–Crippen MR) is 113 cm³/mol. The van der Waals surface area contributed by atoms with Crippen molar-refractivity contribution < 1.29 is 18.3 Å². The van der Waals surface area contributed by atoms with Gasteiger partial charge in [-0.05, 0) is 42.9 Å². The molecule has 0 radical (unpaired) electrons. The molecule has 2 aromatic carbocycles.